The third-order valence-electron chi connectivity index (χ3n) is 6.30. The van der Waals surface area contributed by atoms with E-state index in [0.717, 1.165) is 21.6 Å². The van der Waals surface area contributed by atoms with Gasteiger partial charge in [0, 0.05) is 33.0 Å². The third-order valence-corrected chi connectivity index (χ3v) is 7.50. The van der Waals surface area contributed by atoms with E-state index in [-0.39, 0.29) is 18.1 Å². The molecule has 2 aliphatic rings. The fourth-order valence-electron chi connectivity index (χ4n) is 4.99. The van der Waals surface area contributed by atoms with Gasteiger partial charge in [-0.15, -0.1) is 11.8 Å². The molecular weight excluding hydrogens is 461 g/mol. The lowest BCUT2D eigenvalue weighted by molar-refractivity contribution is -0.121. The second kappa shape index (κ2) is 8.11. The SMILES string of the molecule is CSc1cccc(C2=CC(=O)C[C@@H](c3cccc(Cl)c3)[C@@]23C(=O)Nc2cc(Cl)ccc23)c1. The molecule has 0 bridgehead atoms. The maximum Gasteiger partial charge on any atom is 0.240 e. The highest BCUT2D eigenvalue weighted by Crippen LogP contribution is 2.58. The van der Waals surface area contributed by atoms with Gasteiger partial charge in [-0.25, -0.2) is 0 Å². The topological polar surface area (TPSA) is 46.2 Å². The summed E-state index contributed by atoms with van der Waals surface area (Å²) in [6.07, 6.45) is 3.86. The molecule has 2 atom stereocenters. The molecule has 0 saturated carbocycles. The number of thioether (sulfide) groups is 1. The van der Waals surface area contributed by atoms with Crippen LogP contribution >= 0.6 is 35.0 Å². The zero-order chi connectivity index (χ0) is 22.5. The standard InChI is InChI=1S/C26H19Cl2NO2S/c1-32-20-7-3-5-16(11-20)23-14-19(30)13-22(15-4-2-6-17(27)10-15)26(23)21-9-8-18(28)12-24(21)29-25(26)31/h2-12,14,22H,13H2,1H3,(H,29,31)/t22-,26+/m0/s1. The van der Waals surface area contributed by atoms with Gasteiger partial charge in [-0.2, -0.15) is 0 Å². The Morgan fingerprint density at radius 2 is 1.75 bits per heavy atom. The van der Waals surface area contributed by atoms with Gasteiger partial charge in [0.2, 0.25) is 5.91 Å². The summed E-state index contributed by atoms with van der Waals surface area (Å²) >= 11 is 14.2. The molecule has 0 aromatic heterocycles. The van der Waals surface area contributed by atoms with E-state index >= 15 is 0 Å². The summed E-state index contributed by atoms with van der Waals surface area (Å²) in [5.41, 5.74) is 2.84. The first-order valence-corrected chi connectivity index (χ1v) is 12.2. The van der Waals surface area contributed by atoms with Crippen molar-refractivity contribution in [1.82, 2.24) is 0 Å². The number of hydrogen-bond acceptors (Lipinski definition) is 3. The number of anilines is 1. The molecule has 0 unspecified atom stereocenters. The summed E-state index contributed by atoms with van der Waals surface area (Å²) in [7, 11) is 0. The Kier molecular flexibility index (Phi) is 5.40. The quantitative estimate of drug-likeness (QED) is 0.422. The number of benzene rings is 3. The highest BCUT2D eigenvalue weighted by atomic mass is 35.5. The Hall–Kier alpha value is -2.53. The average molecular weight is 480 g/mol. The zero-order valence-electron chi connectivity index (χ0n) is 17.2. The third kappa shape index (κ3) is 3.29. The van der Waals surface area contributed by atoms with E-state index in [2.05, 4.69) is 5.32 Å². The second-order valence-corrected chi connectivity index (χ2v) is 9.77. The normalized spacial score (nSPS) is 22.0. The van der Waals surface area contributed by atoms with Crippen molar-refractivity contribution in [2.75, 3.05) is 11.6 Å². The molecule has 3 aromatic carbocycles. The van der Waals surface area contributed by atoms with Crippen molar-refractivity contribution in [3.8, 4) is 0 Å². The van der Waals surface area contributed by atoms with Crippen molar-refractivity contribution in [1.29, 1.82) is 0 Å². The summed E-state index contributed by atoms with van der Waals surface area (Å²) in [6.45, 7) is 0. The van der Waals surface area contributed by atoms with Gasteiger partial charge in [-0.3, -0.25) is 9.59 Å². The van der Waals surface area contributed by atoms with Gasteiger partial charge >= 0.3 is 0 Å². The van der Waals surface area contributed by atoms with Gasteiger partial charge in [-0.05, 0) is 71.0 Å². The number of allylic oxidation sites excluding steroid dienone is 1. The second-order valence-electron chi connectivity index (χ2n) is 8.02. The zero-order valence-corrected chi connectivity index (χ0v) is 19.5. The van der Waals surface area contributed by atoms with E-state index < -0.39 is 11.3 Å². The minimum atomic E-state index is -1.07. The fourth-order valence-corrected chi connectivity index (χ4v) is 5.82. The molecule has 3 aromatic rings. The van der Waals surface area contributed by atoms with Crippen LogP contribution in [0, 0.1) is 0 Å². The highest BCUT2D eigenvalue weighted by Gasteiger charge is 2.57. The molecule has 0 fully saturated rings. The lowest BCUT2D eigenvalue weighted by Gasteiger charge is -2.41. The monoisotopic (exact) mass is 479 g/mol. The van der Waals surface area contributed by atoms with E-state index in [4.69, 9.17) is 23.2 Å². The van der Waals surface area contributed by atoms with E-state index in [0.29, 0.717) is 21.3 Å². The van der Waals surface area contributed by atoms with Crippen molar-refractivity contribution in [3.63, 3.8) is 0 Å². The molecule has 1 aliphatic heterocycles. The minimum Gasteiger partial charge on any atom is -0.325 e. The largest absolute Gasteiger partial charge is 0.325 e. The predicted molar refractivity (Wildman–Crippen MR) is 132 cm³/mol. The van der Waals surface area contributed by atoms with Crippen LogP contribution in [0.3, 0.4) is 0 Å². The lowest BCUT2D eigenvalue weighted by Crippen LogP contribution is -2.45. The molecule has 1 N–H and O–H groups in total. The van der Waals surface area contributed by atoms with Gasteiger partial charge in [0.25, 0.3) is 0 Å². The summed E-state index contributed by atoms with van der Waals surface area (Å²) in [4.78, 5) is 28.0. The van der Waals surface area contributed by atoms with E-state index in [9.17, 15) is 9.59 Å². The van der Waals surface area contributed by atoms with Crippen molar-refractivity contribution >= 4 is 57.9 Å². The molecule has 1 amide bonds. The molecule has 3 nitrogen and oxygen atoms in total. The van der Waals surface area contributed by atoms with Crippen LogP contribution in [0.5, 0.6) is 0 Å². The molecule has 1 heterocycles. The van der Waals surface area contributed by atoms with E-state index in [1.807, 2.05) is 54.8 Å². The number of hydrogen-bond donors (Lipinski definition) is 1. The average Bonchev–Trinajstić information content (AvgIpc) is 3.06. The van der Waals surface area contributed by atoms with Crippen LogP contribution in [0.2, 0.25) is 10.0 Å². The Balaban J connectivity index is 1.84. The van der Waals surface area contributed by atoms with Crippen LogP contribution in [-0.4, -0.2) is 17.9 Å². The molecule has 160 valence electrons. The first-order chi connectivity index (χ1) is 15.4. The molecule has 1 aliphatic carbocycles. The predicted octanol–water partition coefficient (Wildman–Crippen LogP) is 6.75. The molecule has 32 heavy (non-hydrogen) atoms. The van der Waals surface area contributed by atoms with Crippen molar-refractivity contribution < 1.29 is 9.59 Å². The molecule has 0 radical (unpaired) electrons. The van der Waals surface area contributed by atoms with Gasteiger partial charge in [0.1, 0.15) is 5.41 Å². The lowest BCUT2D eigenvalue weighted by atomic mass is 9.58. The molecule has 1 spiro atoms. The molecule has 6 heteroatoms. The summed E-state index contributed by atoms with van der Waals surface area (Å²) in [5, 5.41) is 4.16. The molecule has 5 rings (SSSR count). The Morgan fingerprint density at radius 1 is 0.969 bits per heavy atom. The number of rotatable bonds is 3. The summed E-state index contributed by atoms with van der Waals surface area (Å²) in [6, 6.07) is 20.9. The van der Waals surface area contributed by atoms with Crippen LogP contribution in [0.1, 0.15) is 29.0 Å². The van der Waals surface area contributed by atoms with E-state index in [1.54, 1.807) is 36.0 Å². The van der Waals surface area contributed by atoms with Crippen molar-refractivity contribution in [2.24, 2.45) is 0 Å². The van der Waals surface area contributed by atoms with E-state index in [1.165, 1.54) is 0 Å². The number of ketones is 1. The van der Waals surface area contributed by atoms with Crippen molar-refractivity contribution in [2.45, 2.75) is 22.6 Å². The first kappa shape index (κ1) is 21.3. The van der Waals surface area contributed by atoms with Gasteiger partial charge < -0.3 is 5.32 Å². The number of carbonyl (C=O) groups is 2. The number of halogens is 2. The van der Waals surface area contributed by atoms with Crippen LogP contribution in [-0.2, 0) is 15.0 Å². The maximum atomic E-state index is 13.9. The minimum absolute atomic E-state index is 0.0135. The number of amides is 1. The van der Waals surface area contributed by atoms with Gasteiger partial charge in [0.15, 0.2) is 5.78 Å². The molecular formula is C26H19Cl2NO2S. The van der Waals surface area contributed by atoms with Crippen LogP contribution in [0.4, 0.5) is 5.69 Å². The molecule has 0 saturated heterocycles. The van der Waals surface area contributed by atoms with Gasteiger partial charge in [-0.1, -0.05) is 53.5 Å². The number of nitrogens with one attached hydrogen (secondary N) is 1. The Morgan fingerprint density at radius 3 is 2.53 bits per heavy atom. The fraction of sp³-hybridized carbons (Fsp3) is 0.154. The smallest absolute Gasteiger partial charge is 0.240 e. The van der Waals surface area contributed by atoms with Crippen molar-refractivity contribution in [3.05, 3.63) is 99.5 Å². The number of fused-ring (bicyclic) bond motifs is 2. The Labute approximate surface area is 200 Å². The first-order valence-electron chi connectivity index (χ1n) is 10.2. The highest BCUT2D eigenvalue weighted by molar-refractivity contribution is 7.98. The van der Waals surface area contributed by atoms with Crippen LogP contribution < -0.4 is 5.32 Å². The maximum absolute atomic E-state index is 13.9. The van der Waals surface area contributed by atoms with Crippen LogP contribution in [0.25, 0.3) is 5.57 Å². The summed E-state index contributed by atoms with van der Waals surface area (Å²) < 4.78 is 0. The number of carbonyl (C=O) groups excluding carboxylic acids is 2. The van der Waals surface area contributed by atoms with Crippen LogP contribution in [0.15, 0.2) is 77.7 Å². The Bertz CT molecular complexity index is 1300. The summed E-state index contributed by atoms with van der Waals surface area (Å²) in [5.74, 6) is -0.581. The van der Waals surface area contributed by atoms with Gasteiger partial charge in [0.05, 0.1) is 0 Å².